The standard InChI is InChI=1S/C13H18N2O2S/c1-9(2)15-13(18)14-7-10-8-16-11-5-3-4-6-12(11)17-10/h3-6,9-10H,7-8H2,1-2H3,(H2,14,15,18)/t10-/m0/s1. The maximum atomic E-state index is 5.81. The van der Waals surface area contributed by atoms with E-state index in [-0.39, 0.29) is 6.10 Å². The van der Waals surface area contributed by atoms with Gasteiger partial charge >= 0.3 is 0 Å². The minimum absolute atomic E-state index is 0.0215. The van der Waals surface area contributed by atoms with Gasteiger partial charge in [0.2, 0.25) is 0 Å². The fourth-order valence-corrected chi connectivity index (χ4v) is 2.00. The average Bonchev–Trinajstić information content (AvgIpc) is 2.35. The zero-order valence-corrected chi connectivity index (χ0v) is 11.4. The maximum absolute atomic E-state index is 5.81. The molecule has 2 N–H and O–H groups in total. The summed E-state index contributed by atoms with van der Waals surface area (Å²) in [5.41, 5.74) is 0. The van der Waals surface area contributed by atoms with Crippen molar-refractivity contribution in [3.8, 4) is 11.5 Å². The predicted octanol–water partition coefficient (Wildman–Crippen LogP) is 1.70. The summed E-state index contributed by atoms with van der Waals surface area (Å²) in [5, 5.41) is 6.90. The van der Waals surface area contributed by atoms with Gasteiger partial charge in [0.15, 0.2) is 16.6 Å². The molecule has 0 saturated heterocycles. The second-order valence-corrected chi connectivity index (χ2v) is 4.91. The molecule has 1 aliphatic rings. The topological polar surface area (TPSA) is 42.5 Å². The quantitative estimate of drug-likeness (QED) is 0.815. The van der Waals surface area contributed by atoms with Gasteiger partial charge in [-0.15, -0.1) is 0 Å². The van der Waals surface area contributed by atoms with Gasteiger partial charge in [-0.3, -0.25) is 0 Å². The van der Waals surface area contributed by atoms with Crippen molar-refractivity contribution in [1.82, 2.24) is 10.6 Å². The van der Waals surface area contributed by atoms with Crippen molar-refractivity contribution in [2.75, 3.05) is 13.2 Å². The summed E-state index contributed by atoms with van der Waals surface area (Å²) < 4.78 is 11.4. The Morgan fingerprint density at radius 1 is 1.39 bits per heavy atom. The van der Waals surface area contributed by atoms with Gasteiger partial charge in [0.1, 0.15) is 12.7 Å². The Hall–Kier alpha value is -1.49. The van der Waals surface area contributed by atoms with Crippen molar-refractivity contribution in [3.05, 3.63) is 24.3 Å². The molecule has 4 nitrogen and oxygen atoms in total. The Morgan fingerprint density at radius 2 is 2.11 bits per heavy atom. The van der Waals surface area contributed by atoms with E-state index in [1.165, 1.54) is 0 Å². The van der Waals surface area contributed by atoms with E-state index in [9.17, 15) is 0 Å². The van der Waals surface area contributed by atoms with E-state index in [4.69, 9.17) is 21.7 Å². The molecule has 0 aromatic heterocycles. The van der Waals surface area contributed by atoms with Gasteiger partial charge in [0.05, 0.1) is 6.54 Å². The Balaban J connectivity index is 1.81. The minimum Gasteiger partial charge on any atom is -0.486 e. The number of rotatable bonds is 3. The predicted molar refractivity (Wildman–Crippen MR) is 75.2 cm³/mol. The minimum atomic E-state index is -0.0215. The summed E-state index contributed by atoms with van der Waals surface area (Å²) in [4.78, 5) is 0. The highest BCUT2D eigenvalue weighted by Gasteiger charge is 2.20. The fraction of sp³-hybridized carbons (Fsp3) is 0.462. The van der Waals surface area contributed by atoms with Crippen LogP contribution in [0.1, 0.15) is 13.8 Å². The van der Waals surface area contributed by atoms with E-state index < -0.39 is 0 Å². The number of hydrogen-bond donors (Lipinski definition) is 2. The fourth-order valence-electron chi connectivity index (χ4n) is 1.68. The van der Waals surface area contributed by atoms with Crippen molar-refractivity contribution >= 4 is 17.3 Å². The molecule has 1 heterocycles. The molecule has 1 aromatic rings. The van der Waals surface area contributed by atoms with Crippen LogP contribution in [-0.2, 0) is 0 Å². The smallest absolute Gasteiger partial charge is 0.166 e. The second-order valence-electron chi connectivity index (χ2n) is 4.51. The molecule has 5 heteroatoms. The SMILES string of the molecule is CC(C)NC(=S)NC[C@H]1COc2ccccc2O1. The van der Waals surface area contributed by atoms with Gasteiger partial charge in [-0.25, -0.2) is 0 Å². The lowest BCUT2D eigenvalue weighted by Gasteiger charge is -2.27. The number of thiocarbonyl (C=S) groups is 1. The number of hydrogen-bond acceptors (Lipinski definition) is 3. The number of nitrogens with one attached hydrogen (secondary N) is 2. The monoisotopic (exact) mass is 266 g/mol. The lowest BCUT2D eigenvalue weighted by atomic mass is 10.2. The normalized spacial score (nSPS) is 17.4. The van der Waals surface area contributed by atoms with E-state index in [0.29, 0.717) is 24.3 Å². The number of para-hydroxylation sites is 2. The van der Waals surface area contributed by atoms with Crippen molar-refractivity contribution in [2.24, 2.45) is 0 Å². The first-order valence-corrected chi connectivity index (χ1v) is 6.49. The van der Waals surface area contributed by atoms with Crippen LogP contribution < -0.4 is 20.1 Å². The van der Waals surface area contributed by atoms with Crippen LogP contribution in [0.5, 0.6) is 11.5 Å². The molecule has 98 valence electrons. The molecule has 0 spiro atoms. The first-order valence-electron chi connectivity index (χ1n) is 6.08. The molecule has 0 fully saturated rings. The molecular weight excluding hydrogens is 248 g/mol. The van der Waals surface area contributed by atoms with E-state index in [0.717, 1.165) is 11.5 Å². The lowest BCUT2D eigenvalue weighted by molar-refractivity contribution is 0.0937. The van der Waals surface area contributed by atoms with Crippen LogP contribution in [0.4, 0.5) is 0 Å². The Kier molecular flexibility index (Phi) is 4.25. The zero-order chi connectivity index (χ0) is 13.0. The Morgan fingerprint density at radius 3 is 2.83 bits per heavy atom. The average molecular weight is 266 g/mol. The van der Waals surface area contributed by atoms with Crippen LogP contribution in [0.2, 0.25) is 0 Å². The number of ether oxygens (including phenoxy) is 2. The molecule has 0 aliphatic carbocycles. The van der Waals surface area contributed by atoms with Gasteiger partial charge in [-0.2, -0.15) is 0 Å². The lowest BCUT2D eigenvalue weighted by Crippen LogP contribution is -2.45. The number of benzene rings is 1. The van der Waals surface area contributed by atoms with Gasteiger partial charge in [-0.05, 0) is 38.2 Å². The molecule has 0 bridgehead atoms. The third-order valence-corrected chi connectivity index (χ3v) is 2.74. The van der Waals surface area contributed by atoms with Gasteiger partial charge < -0.3 is 20.1 Å². The molecule has 18 heavy (non-hydrogen) atoms. The molecule has 0 amide bonds. The highest BCUT2D eigenvalue weighted by atomic mass is 32.1. The van der Waals surface area contributed by atoms with E-state index in [1.807, 2.05) is 38.1 Å². The zero-order valence-electron chi connectivity index (χ0n) is 10.6. The Bertz CT molecular complexity index is 423. The van der Waals surface area contributed by atoms with Crippen LogP contribution in [0.15, 0.2) is 24.3 Å². The number of fused-ring (bicyclic) bond motifs is 1. The maximum Gasteiger partial charge on any atom is 0.166 e. The van der Waals surface area contributed by atoms with Crippen molar-refractivity contribution in [1.29, 1.82) is 0 Å². The van der Waals surface area contributed by atoms with E-state index in [1.54, 1.807) is 0 Å². The highest BCUT2D eigenvalue weighted by molar-refractivity contribution is 7.80. The third-order valence-electron chi connectivity index (χ3n) is 2.48. The van der Waals surface area contributed by atoms with Gasteiger partial charge in [0.25, 0.3) is 0 Å². The molecule has 0 saturated carbocycles. The summed E-state index contributed by atoms with van der Waals surface area (Å²) in [6.45, 7) is 5.26. The Labute approximate surface area is 113 Å². The first kappa shape index (κ1) is 13.0. The molecule has 1 aromatic carbocycles. The van der Waals surface area contributed by atoms with Crippen LogP contribution in [-0.4, -0.2) is 30.4 Å². The molecule has 1 aliphatic heterocycles. The summed E-state index contributed by atoms with van der Waals surface area (Å²) in [6, 6.07) is 8.01. The molecular formula is C13H18N2O2S. The summed E-state index contributed by atoms with van der Waals surface area (Å²) in [6.07, 6.45) is -0.0215. The third kappa shape index (κ3) is 3.50. The van der Waals surface area contributed by atoms with Gasteiger partial charge in [-0.1, -0.05) is 12.1 Å². The summed E-state index contributed by atoms with van der Waals surface area (Å²) >= 11 is 5.16. The van der Waals surface area contributed by atoms with Crippen LogP contribution in [0, 0.1) is 0 Å². The molecule has 1 atom stereocenters. The largest absolute Gasteiger partial charge is 0.486 e. The highest BCUT2D eigenvalue weighted by Crippen LogP contribution is 2.30. The van der Waals surface area contributed by atoms with Crippen LogP contribution in [0.25, 0.3) is 0 Å². The van der Waals surface area contributed by atoms with Crippen LogP contribution in [0.3, 0.4) is 0 Å². The summed E-state index contributed by atoms with van der Waals surface area (Å²) in [5.74, 6) is 1.59. The summed E-state index contributed by atoms with van der Waals surface area (Å²) in [7, 11) is 0. The van der Waals surface area contributed by atoms with Crippen molar-refractivity contribution in [2.45, 2.75) is 26.0 Å². The molecule has 2 rings (SSSR count). The van der Waals surface area contributed by atoms with Gasteiger partial charge in [0, 0.05) is 6.04 Å². The van der Waals surface area contributed by atoms with Crippen molar-refractivity contribution in [3.63, 3.8) is 0 Å². The van der Waals surface area contributed by atoms with E-state index >= 15 is 0 Å². The second kappa shape index (κ2) is 5.91. The first-order chi connectivity index (χ1) is 8.65. The molecule has 0 unspecified atom stereocenters. The van der Waals surface area contributed by atoms with Crippen LogP contribution >= 0.6 is 12.2 Å². The van der Waals surface area contributed by atoms with E-state index in [2.05, 4.69) is 10.6 Å². The molecule has 0 radical (unpaired) electrons. The van der Waals surface area contributed by atoms with Crippen molar-refractivity contribution < 1.29 is 9.47 Å².